The SMILES string of the molecule is CCOC(=O)CCCNC(=NC)NCC1(C)CCCS1.I. The monoisotopic (exact) mass is 429 g/mol. The first-order valence-corrected chi connectivity index (χ1v) is 8.32. The number of guanidine groups is 1. The van der Waals surface area contributed by atoms with Gasteiger partial charge in [-0.3, -0.25) is 9.79 Å². The zero-order valence-electron chi connectivity index (χ0n) is 13.2. The van der Waals surface area contributed by atoms with E-state index in [4.69, 9.17) is 4.74 Å². The van der Waals surface area contributed by atoms with Crippen LogP contribution in [0, 0.1) is 0 Å². The van der Waals surface area contributed by atoms with Crippen LogP contribution in [-0.4, -0.2) is 49.2 Å². The van der Waals surface area contributed by atoms with Gasteiger partial charge in [-0.15, -0.1) is 24.0 Å². The molecular formula is C14H28IN3O2S. The molecule has 124 valence electrons. The summed E-state index contributed by atoms with van der Waals surface area (Å²) in [6.45, 7) is 6.22. The maximum Gasteiger partial charge on any atom is 0.305 e. The van der Waals surface area contributed by atoms with E-state index in [0.29, 0.717) is 17.8 Å². The molecular weight excluding hydrogens is 401 g/mol. The first kappa shape index (κ1) is 20.8. The van der Waals surface area contributed by atoms with Gasteiger partial charge in [0.15, 0.2) is 5.96 Å². The Hall–Kier alpha value is -0.180. The van der Waals surface area contributed by atoms with Crippen LogP contribution < -0.4 is 10.6 Å². The molecule has 1 aliphatic rings. The maximum atomic E-state index is 11.2. The van der Waals surface area contributed by atoms with Gasteiger partial charge in [-0.25, -0.2) is 0 Å². The minimum atomic E-state index is -0.132. The van der Waals surface area contributed by atoms with E-state index >= 15 is 0 Å². The predicted octanol–water partition coefficient (Wildman–Crippen LogP) is 2.40. The van der Waals surface area contributed by atoms with Gasteiger partial charge >= 0.3 is 5.97 Å². The maximum absolute atomic E-state index is 11.2. The van der Waals surface area contributed by atoms with E-state index in [1.165, 1.54) is 18.6 Å². The van der Waals surface area contributed by atoms with Crippen molar-refractivity contribution in [2.45, 2.75) is 44.3 Å². The molecule has 0 aromatic heterocycles. The molecule has 2 N–H and O–H groups in total. The lowest BCUT2D eigenvalue weighted by atomic mass is 10.1. The van der Waals surface area contributed by atoms with Crippen molar-refractivity contribution in [3.8, 4) is 0 Å². The van der Waals surface area contributed by atoms with Crippen LogP contribution in [0.4, 0.5) is 0 Å². The van der Waals surface area contributed by atoms with Crippen LogP contribution in [0.1, 0.15) is 39.5 Å². The van der Waals surface area contributed by atoms with Crippen molar-refractivity contribution in [1.82, 2.24) is 10.6 Å². The molecule has 5 nitrogen and oxygen atoms in total. The minimum absolute atomic E-state index is 0. The molecule has 1 fully saturated rings. The van der Waals surface area contributed by atoms with Crippen molar-refractivity contribution < 1.29 is 9.53 Å². The van der Waals surface area contributed by atoms with Crippen LogP contribution in [0.25, 0.3) is 0 Å². The number of esters is 1. The quantitative estimate of drug-likeness (QED) is 0.214. The lowest BCUT2D eigenvalue weighted by Crippen LogP contribution is -2.43. The van der Waals surface area contributed by atoms with Gasteiger partial charge in [0.1, 0.15) is 0 Å². The molecule has 1 aliphatic heterocycles. The van der Waals surface area contributed by atoms with Crippen LogP contribution >= 0.6 is 35.7 Å². The Labute approximate surface area is 149 Å². The summed E-state index contributed by atoms with van der Waals surface area (Å²) < 4.78 is 5.21. The average molecular weight is 429 g/mol. The van der Waals surface area contributed by atoms with Crippen LogP contribution in [0.15, 0.2) is 4.99 Å². The molecule has 1 unspecified atom stereocenters. The Morgan fingerprint density at radius 2 is 2.19 bits per heavy atom. The Balaban J connectivity index is 0.00000400. The molecule has 0 radical (unpaired) electrons. The molecule has 21 heavy (non-hydrogen) atoms. The van der Waals surface area contributed by atoms with Crippen molar-refractivity contribution >= 4 is 47.7 Å². The predicted molar refractivity (Wildman–Crippen MR) is 101 cm³/mol. The molecule has 0 saturated carbocycles. The van der Waals surface area contributed by atoms with E-state index < -0.39 is 0 Å². The van der Waals surface area contributed by atoms with Crippen molar-refractivity contribution in [2.75, 3.05) is 32.5 Å². The third-order valence-corrected chi connectivity index (χ3v) is 4.85. The highest BCUT2D eigenvalue weighted by molar-refractivity contribution is 14.0. The molecule has 7 heteroatoms. The summed E-state index contributed by atoms with van der Waals surface area (Å²) >= 11 is 2.03. The Bertz CT molecular complexity index is 334. The summed E-state index contributed by atoms with van der Waals surface area (Å²) in [5.41, 5.74) is 0. The van der Waals surface area contributed by atoms with E-state index in [-0.39, 0.29) is 29.9 Å². The average Bonchev–Trinajstić information content (AvgIpc) is 2.85. The Kier molecular flexibility index (Phi) is 11.3. The lowest BCUT2D eigenvalue weighted by molar-refractivity contribution is -0.143. The third-order valence-electron chi connectivity index (χ3n) is 3.31. The van der Waals surface area contributed by atoms with Gasteiger partial charge in [0.05, 0.1) is 6.61 Å². The highest BCUT2D eigenvalue weighted by Crippen LogP contribution is 2.36. The summed E-state index contributed by atoms with van der Waals surface area (Å²) in [4.78, 5) is 15.4. The smallest absolute Gasteiger partial charge is 0.305 e. The molecule has 0 aliphatic carbocycles. The topological polar surface area (TPSA) is 62.7 Å². The normalized spacial score (nSPS) is 21.6. The van der Waals surface area contributed by atoms with Gasteiger partial charge < -0.3 is 15.4 Å². The van der Waals surface area contributed by atoms with Crippen molar-refractivity contribution in [3.05, 3.63) is 0 Å². The first-order chi connectivity index (χ1) is 9.59. The number of ether oxygens (including phenoxy) is 1. The number of thioether (sulfide) groups is 1. The fraction of sp³-hybridized carbons (Fsp3) is 0.857. The summed E-state index contributed by atoms with van der Waals surface area (Å²) in [5.74, 6) is 1.93. The first-order valence-electron chi connectivity index (χ1n) is 7.34. The van der Waals surface area contributed by atoms with Gasteiger partial charge in [0.25, 0.3) is 0 Å². The van der Waals surface area contributed by atoms with Crippen LogP contribution in [0.5, 0.6) is 0 Å². The number of nitrogens with one attached hydrogen (secondary N) is 2. The van der Waals surface area contributed by atoms with Crippen molar-refractivity contribution in [1.29, 1.82) is 0 Å². The van der Waals surface area contributed by atoms with E-state index in [9.17, 15) is 4.79 Å². The highest BCUT2D eigenvalue weighted by Gasteiger charge is 2.29. The second kappa shape index (κ2) is 11.4. The number of aliphatic imine (C=N–C) groups is 1. The third kappa shape index (κ3) is 8.75. The van der Waals surface area contributed by atoms with Crippen LogP contribution in [-0.2, 0) is 9.53 Å². The summed E-state index contributed by atoms with van der Waals surface area (Å²) in [7, 11) is 1.77. The number of carbonyl (C=O) groups excluding carboxylic acids is 1. The van der Waals surface area contributed by atoms with E-state index in [1.54, 1.807) is 7.05 Å². The van der Waals surface area contributed by atoms with Gasteiger partial charge in [0.2, 0.25) is 0 Å². The van der Waals surface area contributed by atoms with Gasteiger partial charge in [-0.2, -0.15) is 11.8 Å². The second-order valence-corrected chi connectivity index (χ2v) is 6.85. The largest absolute Gasteiger partial charge is 0.466 e. The minimum Gasteiger partial charge on any atom is -0.466 e. The molecule has 0 aromatic rings. The van der Waals surface area contributed by atoms with E-state index in [1.807, 2.05) is 18.7 Å². The zero-order chi connectivity index (χ0) is 14.8. The molecule has 1 heterocycles. The van der Waals surface area contributed by atoms with Crippen molar-refractivity contribution in [3.63, 3.8) is 0 Å². The number of halogens is 1. The number of carbonyl (C=O) groups is 1. The molecule has 0 amide bonds. The van der Waals surface area contributed by atoms with Gasteiger partial charge in [-0.1, -0.05) is 0 Å². The number of rotatable bonds is 7. The molecule has 1 saturated heterocycles. The summed E-state index contributed by atoms with van der Waals surface area (Å²) in [6.07, 6.45) is 3.76. The highest BCUT2D eigenvalue weighted by atomic mass is 127. The van der Waals surface area contributed by atoms with Gasteiger partial charge in [0, 0.05) is 31.3 Å². The van der Waals surface area contributed by atoms with Crippen molar-refractivity contribution in [2.24, 2.45) is 4.99 Å². The number of nitrogens with zero attached hydrogens (tertiary/aromatic N) is 1. The fourth-order valence-corrected chi connectivity index (χ4v) is 3.38. The molecule has 1 rings (SSSR count). The Morgan fingerprint density at radius 1 is 1.43 bits per heavy atom. The number of hydrogen-bond acceptors (Lipinski definition) is 4. The van der Waals surface area contributed by atoms with E-state index in [0.717, 1.165) is 25.5 Å². The molecule has 0 spiro atoms. The summed E-state index contributed by atoms with van der Waals surface area (Å²) in [6, 6.07) is 0. The standard InChI is InChI=1S/C14H27N3O2S.HI/c1-4-19-12(18)7-5-9-16-13(15-3)17-11-14(2)8-6-10-20-14;/h4-11H2,1-3H3,(H2,15,16,17);1H. The van der Waals surface area contributed by atoms with Crippen LogP contribution in [0.2, 0.25) is 0 Å². The van der Waals surface area contributed by atoms with Gasteiger partial charge in [-0.05, 0) is 38.9 Å². The summed E-state index contributed by atoms with van der Waals surface area (Å²) in [5, 5.41) is 6.60. The molecule has 1 atom stereocenters. The van der Waals surface area contributed by atoms with Crippen LogP contribution in [0.3, 0.4) is 0 Å². The molecule has 0 bridgehead atoms. The fourth-order valence-electron chi connectivity index (χ4n) is 2.14. The zero-order valence-corrected chi connectivity index (χ0v) is 16.4. The molecule has 0 aromatic carbocycles. The Morgan fingerprint density at radius 3 is 2.76 bits per heavy atom. The lowest BCUT2D eigenvalue weighted by Gasteiger charge is -2.24. The number of hydrogen-bond donors (Lipinski definition) is 2. The van der Waals surface area contributed by atoms with E-state index in [2.05, 4.69) is 22.5 Å². The second-order valence-electron chi connectivity index (χ2n) is 5.16.